The van der Waals surface area contributed by atoms with E-state index in [1.165, 1.54) is 65.6 Å². The van der Waals surface area contributed by atoms with Crippen molar-refractivity contribution >= 4 is 34.0 Å². The van der Waals surface area contributed by atoms with E-state index >= 15 is 0 Å². The zero-order valence-corrected chi connectivity index (χ0v) is 35.4. The van der Waals surface area contributed by atoms with Crippen LogP contribution in [0.2, 0.25) is 0 Å². The third-order valence-electron chi connectivity index (χ3n) is 11.9. The average molecular weight is 794 g/mol. The second-order valence-electron chi connectivity index (χ2n) is 15.3. The summed E-state index contributed by atoms with van der Waals surface area (Å²) in [5.41, 5.74) is 17.6. The number of hydrogen-bond acceptors (Lipinski definition) is 0. The molecular formula is C57H45ClSi. The molecular weight excluding hydrogens is 748 g/mol. The van der Waals surface area contributed by atoms with Crippen molar-refractivity contribution in [2.45, 2.75) is 20.8 Å². The molecule has 0 unspecified atom stereocenters. The molecule has 0 bridgehead atoms. The van der Waals surface area contributed by atoms with E-state index in [-0.39, 0.29) is 0 Å². The van der Waals surface area contributed by atoms with E-state index in [0.29, 0.717) is 0 Å². The molecule has 0 spiro atoms. The summed E-state index contributed by atoms with van der Waals surface area (Å²) in [6.45, 7) is 6.93. The van der Waals surface area contributed by atoms with Crippen LogP contribution in [0.15, 0.2) is 218 Å². The van der Waals surface area contributed by atoms with Crippen LogP contribution >= 0.6 is 11.1 Å². The fourth-order valence-corrected chi connectivity index (χ4v) is 15.9. The summed E-state index contributed by atoms with van der Waals surface area (Å²) < 4.78 is 0. The van der Waals surface area contributed by atoms with Crippen molar-refractivity contribution in [1.82, 2.24) is 0 Å². The van der Waals surface area contributed by atoms with Crippen LogP contribution in [0, 0.1) is 20.8 Å². The molecule has 59 heavy (non-hydrogen) atoms. The quantitative estimate of drug-likeness (QED) is 0.0776. The van der Waals surface area contributed by atoms with E-state index in [0.717, 1.165) is 33.4 Å². The molecule has 284 valence electrons. The summed E-state index contributed by atoms with van der Waals surface area (Å²) in [7, 11) is -3.71. The zero-order chi connectivity index (χ0) is 40.3. The molecule has 0 aromatic heterocycles. The SMILES string of the molecule is Cc1c(-c2ccccc2)ccc(-c2ccccc2)c1[Si](Cl)(c1c(-c2ccccc2)ccc(-c2ccccc2)c1C)c1c(-c2ccccc2)ccc(-c2ccccc2)c1C. The van der Waals surface area contributed by atoms with E-state index in [1.807, 2.05) is 0 Å². The van der Waals surface area contributed by atoms with Gasteiger partial charge in [0.1, 0.15) is 0 Å². The van der Waals surface area contributed by atoms with Crippen molar-refractivity contribution in [2.75, 3.05) is 0 Å². The second kappa shape index (κ2) is 16.4. The smallest absolute Gasteiger partial charge is 0.149 e. The summed E-state index contributed by atoms with van der Waals surface area (Å²) >= 11 is 9.41. The van der Waals surface area contributed by atoms with Gasteiger partial charge in [-0.25, -0.2) is 0 Å². The lowest BCUT2D eigenvalue weighted by atomic mass is 9.94. The lowest BCUT2D eigenvalue weighted by molar-refractivity contribution is 1.45. The minimum Gasteiger partial charge on any atom is -0.149 e. The average Bonchev–Trinajstić information content (AvgIpc) is 3.30. The monoisotopic (exact) mass is 792 g/mol. The van der Waals surface area contributed by atoms with Gasteiger partial charge in [0, 0.05) is 0 Å². The number of rotatable bonds is 9. The minimum absolute atomic E-state index is 1.15. The molecule has 0 nitrogen and oxygen atoms in total. The van der Waals surface area contributed by atoms with Gasteiger partial charge in [-0.15, -0.1) is 11.1 Å². The maximum atomic E-state index is 9.41. The van der Waals surface area contributed by atoms with E-state index in [9.17, 15) is 11.1 Å². The predicted molar refractivity (Wildman–Crippen MR) is 257 cm³/mol. The van der Waals surface area contributed by atoms with E-state index in [2.05, 4.69) is 239 Å². The third-order valence-corrected chi connectivity index (χ3v) is 17.6. The molecule has 9 aromatic carbocycles. The molecule has 9 aromatic rings. The summed E-state index contributed by atoms with van der Waals surface area (Å²) in [6.07, 6.45) is 0. The van der Waals surface area contributed by atoms with Crippen molar-refractivity contribution in [2.24, 2.45) is 0 Å². The summed E-state index contributed by atoms with van der Waals surface area (Å²) in [6, 6.07) is 78.9. The Kier molecular flexibility index (Phi) is 10.6. The molecule has 0 aliphatic carbocycles. The van der Waals surface area contributed by atoms with Crippen LogP contribution in [-0.4, -0.2) is 7.38 Å². The van der Waals surface area contributed by atoms with Crippen LogP contribution in [0.1, 0.15) is 16.7 Å². The molecule has 0 amide bonds. The third kappa shape index (κ3) is 6.97. The van der Waals surface area contributed by atoms with Crippen molar-refractivity contribution in [3.05, 3.63) is 235 Å². The lowest BCUT2D eigenvalue weighted by Gasteiger charge is -2.37. The highest BCUT2D eigenvalue weighted by molar-refractivity contribution is 7.41. The van der Waals surface area contributed by atoms with Crippen LogP contribution in [0.4, 0.5) is 0 Å². The van der Waals surface area contributed by atoms with Crippen molar-refractivity contribution in [3.8, 4) is 66.8 Å². The molecule has 0 atom stereocenters. The fraction of sp³-hybridized carbons (Fsp3) is 0.0526. The Bertz CT molecular complexity index is 2550. The highest BCUT2D eigenvalue weighted by Crippen LogP contribution is 2.39. The molecule has 0 N–H and O–H groups in total. The topological polar surface area (TPSA) is 0 Å². The van der Waals surface area contributed by atoms with E-state index in [4.69, 9.17) is 0 Å². The van der Waals surface area contributed by atoms with Gasteiger partial charge in [0.15, 0.2) is 0 Å². The predicted octanol–water partition coefficient (Wildman–Crippen LogP) is 13.8. The van der Waals surface area contributed by atoms with Gasteiger partial charge in [-0.1, -0.05) is 218 Å². The molecule has 0 radical (unpaired) electrons. The largest absolute Gasteiger partial charge is 0.250 e. The maximum Gasteiger partial charge on any atom is 0.250 e. The number of benzene rings is 9. The summed E-state index contributed by atoms with van der Waals surface area (Å²) in [5.74, 6) is 0. The van der Waals surface area contributed by atoms with Gasteiger partial charge in [-0.05, 0) is 120 Å². The zero-order valence-electron chi connectivity index (χ0n) is 33.7. The Morgan fingerprint density at radius 1 is 0.237 bits per heavy atom. The minimum atomic E-state index is -3.71. The van der Waals surface area contributed by atoms with Gasteiger partial charge < -0.3 is 0 Å². The van der Waals surface area contributed by atoms with Crippen molar-refractivity contribution in [3.63, 3.8) is 0 Å². The van der Waals surface area contributed by atoms with Gasteiger partial charge in [0.25, 0.3) is 7.38 Å². The highest BCUT2D eigenvalue weighted by atomic mass is 35.6. The summed E-state index contributed by atoms with van der Waals surface area (Å²) in [4.78, 5) is 0. The van der Waals surface area contributed by atoms with Gasteiger partial charge in [-0.3, -0.25) is 0 Å². The molecule has 0 aliphatic rings. The first-order valence-corrected chi connectivity index (χ1v) is 23.4. The van der Waals surface area contributed by atoms with Gasteiger partial charge in [0.05, 0.1) is 0 Å². The number of hydrogen-bond donors (Lipinski definition) is 0. The first-order valence-electron chi connectivity index (χ1n) is 20.4. The van der Waals surface area contributed by atoms with Crippen LogP contribution < -0.4 is 15.6 Å². The second-order valence-corrected chi connectivity index (χ2v) is 19.9. The lowest BCUT2D eigenvalue weighted by Crippen LogP contribution is -2.66. The van der Waals surface area contributed by atoms with Gasteiger partial charge in [-0.2, -0.15) is 0 Å². The fourth-order valence-electron chi connectivity index (χ4n) is 9.21. The molecule has 0 saturated carbocycles. The Morgan fingerprint density at radius 2 is 0.407 bits per heavy atom. The van der Waals surface area contributed by atoms with Crippen molar-refractivity contribution < 1.29 is 0 Å². The van der Waals surface area contributed by atoms with Crippen LogP contribution in [0.3, 0.4) is 0 Å². The highest BCUT2D eigenvalue weighted by Gasteiger charge is 2.47. The maximum absolute atomic E-state index is 9.41. The van der Waals surface area contributed by atoms with E-state index < -0.39 is 7.38 Å². The number of halogens is 1. The first-order chi connectivity index (χ1) is 28.9. The van der Waals surface area contributed by atoms with Crippen molar-refractivity contribution in [1.29, 1.82) is 0 Å². The Morgan fingerprint density at radius 3 is 0.610 bits per heavy atom. The van der Waals surface area contributed by atoms with E-state index in [1.54, 1.807) is 0 Å². The molecule has 0 fully saturated rings. The van der Waals surface area contributed by atoms with Gasteiger partial charge >= 0.3 is 0 Å². The Hall–Kier alpha value is -6.51. The Balaban J connectivity index is 1.54. The van der Waals surface area contributed by atoms with Gasteiger partial charge in [0.2, 0.25) is 0 Å². The molecule has 2 heteroatoms. The van der Waals surface area contributed by atoms with Crippen LogP contribution in [0.25, 0.3) is 66.8 Å². The molecule has 0 aliphatic heterocycles. The first kappa shape index (κ1) is 38.0. The molecule has 0 heterocycles. The normalized spacial score (nSPS) is 11.4. The molecule has 0 saturated heterocycles. The van der Waals surface area contributed by atoms with Crippen LogP contribution in [0.5, 0.6) is 0 Å². The summed E-state index contributed by atoms with van der Waals surface area (Å²) in [5, 5.41) is 3.63. The Labute approximate surface area is 354 Å². The molecule has 9 rings (SSSR count). The van der Waals surface area contributed by atoms with Crippen LogP contribution in [-0.2, 0) is 0 Å². The standard InChI is InChI=1S/C57H45ClSi/c1-40-49(43-22-10-4-11-23-43)34-37-52(46-28-16-7-17-29-46)55(40)59(58,56-41(2)50(44-24-12-5-13-25-44)35-38-53(56)47-30-18-8-19-31-47)57-42(3)51(45-26-14-6-15-27-45)36-39-54(57)48-32-20-9-21-33-48/h4-39H,1-3H3.